The molecule has 0 bridgehead atoms. The van der Waals surface area contributed by atoms with E-state index in [0.717, 1.165) is 11.1 Å². The topological polar surface area (TPSA) is 86.3 Å². The molecule has 0 aliphatic carbocycles. The third kappa shape index (κ3) is 5.46. The lowest BCUT2D eigenvalue weighted by Gasteiger charge is -2.37. The molecule has 7 nitrogen and oxygen atoms in total. The van der Waals surface area contributed by atoms with Gasteiger partial charge in [-0.2, -0.15) is 0 Å². The van der Waals surface area contributed by atoms with Crippen molar-refractivity contribution in [3.63, 3.8) is 0 Å². The Balaban J connectivity index is 1.59. The first-order valence-electron chi connectivity index (χ1n) is 11.1. The maximum atomic E-state index is 13.1. The Hall–Kier alpha value is -3.10. The van der Waals surface area contributed by atoms with Gasteiger partial charge in [0.25, 0.3) is 5.91 Å². The van der Waals surface area contributed by atoms with E-state index in [9.17, 15) is 14.3 Å². The van der Waals surface area contributed by atoms with Crippen molar-refractivity contribution in [2.75, 3.05) is 20.0 Å². The Morgan fingerprint density at radius 1 is 1.18 bits per heavy atom. The molecular weight excluding hydrogens is 429 g/mol. The number of aliphatic hydroxyl groups excluding tert-OH is 1. The fourth-order valence-electron chi connectivity index (χ4n) is 4.14. The molecule has 2 aliphatic rings. The number of halogens is 1. The quantitative estimate of drug-likeness (QED) is 0.598. The summed E-state index contributed by atoms with van der Waals surface area (Å²) >= 11 is 0. The van der Waals surface area contributed by atoms with Crippen LogP contribution in [0.25, 0.3) is 0 Å². The van der Waals surface area contributed by atoms with E-state index < -0.39 is 6.29 Å². The Morgan fingerprint density at radius 2 is 1.97 bits per heavy atom. The molecule has 2 heterocycles. The third-order valence-corrected chi connectivity index (χ3v) is 5.78. The predicted octanol–water partition coefficient (Wildman–Crippen LogP) is 3.62. The number of benzene rings is 2. The molecule has 8 heteroatoms. The number of aliphatic hydroxyl groups is 1. The molecule has 0 saturated heterocycles. The van der Waals surface area contributed by atoms with Gasteiger partial charge in [-0.3, -0.25) is 4.79 Å². The van der Waals surface area contributed by atoms with Crippen LogP contribution in [0.15, 0.2) is 54.3 Å². The smallest absolute Gasteiger partial charge is 0.286 e. The molecule has 176 valence electrons. The second-order valence-electron chi connectivity index (χ2n) is 7.95. The molecule has 0 spiro atoms. The molecular formula is C25H28FNO6. The predicted molar refractivity (Wildman–Crippen MR) is 118 cm³/mol. The summed E-state index contributed by atoms with van der Waals surface area (Å²) in [6.45, 7) is 2.75. The fourth-order valence-corrected chi connectivity index (χ4v) is 4.14. The monoisotopic (exact) mass is 457 g/mol. The van der Waals surface area contributed by atoms with Crippen LogP contribution >= 0.6 is 0 Å². The van der Waals surface area contributed by atoms with Gasteiger partial charge in [-0.25, -0.2) is 4.39 Å². The van der Waals surface area contributed by atoms with E-state index in [2.05, 4.69) is 5.32 Å². The number of rotatable bonds is 9. The largest absolute Gasteiger partial charge is 0.459 e. The van der Waals surface area contributed by atoms with Gasteiger partial charge in [-0.1, -0.05) is 18.2 Å². The summed E-state index contributed by atoms with van der Waals surface area (Å²) in [6, 6.07) is 11.7. The third-order valence-electron chi connectivity index (χ3n) is 5.78. The summed E-state index contributed by atoms with van der Waals surface area (Å²) in [5.74, 6) is 0.496. The molecule has 0 fully saturated rings. The van der Waals surface area contributed by atoms with Crippen molar-refractivity contribution in [2.45, 2.75) is 38.5 Å². The number of hydrogen-bond acceptors (Lipinski definition) is 6. The van der Waals surface area contributed by atoms with Gasteiger partial charge in [0.2, 0.25) is 13.1 Å². The van der Waals surface area contributed by atoms with Gasteiger partial charge in [0.1, 0.15) is 5.82 Å². The van der Waals surface area contributed by atoms with E-state index in [4.69, 9.17) is 18.9 Å². The fraction of sp³-hybridized carbons (Fsp3) is 0.400. The zero-order chi connectivity index (χ0) is 23.2. The lowest BCUT2D eigenvalue weighted by Crippen LogP contribution is -2.39. The Labute approximate surface area is 192 Å². The average molecular weight is 457 g/mol. The van der Waals surface area contributed by atoms with Crippen molar-refractivity contribution in [1.29, 1.82) is 0 Å². The molecule has 0 radical (unpaired) electrons. The zero-order valence-electron chi connectivity index (χ0n) is 18.5. The second kappa shape index (κ2) is 10.7. The van der Waals surface area contributed by atoms with Crippen LogP contribution in [0, 0.1) is 11.7 Å². The molecule has 4 rings (SSSR count). The normalized spacial score (nSPS) is 21.3. The van der Waals surface area contributed by atoms with Crippen LogP contribution < -0.4 is 14.8 Å². The molecule has 33 heavy (non-hydrogen) atoms. The van der Waals surface area contributed by atoms with Gasteiger partial charge in [0.05, 0.1) is 0 Å². The molecule has 0 saturated carbocycles. The van der Waals surface area contributed by atoms with Crippen molar-refractivity contribution in [2.24, 2.45) is 5.92 Å². The van der Waals surface area contributed by atoms with E-state index in [1.54, 1.807) is 18.2 Å². The number of nitrogens with one attached hydrogen (secondary N) is 1. The summed E-state index contributed by atoms with van der Waals surface area (Å²) in [5, 5.41) is 12.2. The van der Waals surface area contributed by atoms with Crippen LogP contribution in [0.3, 0.4) is 0 Å². The van der Waals surface area contributed by atoms with Gasteiger partial charge in [-0.15, -0.1) is 0 Å². The van der Waals surface area contributed by atoms with Crippen LogP contribution in [0.5, 0.6) is 11.5 Å². The lowest BCUT2D eigenvalue weighted by atomic mass is 9.80. The number of hydrogen-bond donors (Lipinski definition) is 2. The van der Waals surface area contributed by atoms with Crippen LogP contribution in [0.4, 0.5) is 4.39 Å². The minimum Gasteiger partial charge on any atom is -0.459 e. The first kappa shape index (κ1) is 23.1. The molecule has 3 atom stereocenters. The molecule has 1 amide bonds. The zero-order valence-corrected chi connectivity index (χ0v) is 18.5. The maximum Gasteiger partial charge on any atom is 0.286 e. The highest BCUT2D eigenvalue weighted by Crippen LogP contribution is 2.42. The van der Waals surface area contributed by atoms with Gasteiger partial charge in [0.15, 0.2) is 17.3 Å². The Kier molecular flexibility index (Phi) is 7.47. The van der Waals surface area contributed by atoms with Crippen molar-refractivity contribution in [3.8, 4) is 11.5 Å². The van der Waals surface area contributed by atoms with Crippen molar-refractivity contribution < 1.29 is 33.2 Å². The Bertz CT molecular complexity index is 993. The van der Waals surface area contributed by atoms with Crippen molar-refractivity contribution in [1.82, 2.24) is 5.32 Å². The number of fused-ring (bicyclic) bond motifs is 1. The van der Waals surface area contributed by atoms with E-state index in [0.29, 0.717) is 30.9 Å². The summed E-state index contributed by atoms with van der Waals surface area (Å²) in [7, 11) is 0. The molecule has 2 N–H and O–H groups in total. The molecule has 0 aromatic heterocycles. The summed E-state index contributed by atoms with van der Waals surface area (Å²) in [6.07, 6.45) is 2.39. The van der Waals surface area contributed by atoms with Crippen LogP contribution in [0.2, 0.25) is 0 Å². The standard InChI is InChI=1S/C25H28FNO6/c1-2-30-25-19(4-3-11-28)20(17-7-10-21-22(12-17)32-15-31-21)13-23(33-25)24(29)27-14-16-5-8-18(26)9-6-16/h5-10,12-13,19-20,25,28H,2-4,11,14-15H2,1H3,(H,27,29). The first-order chi connectivity index (χ1) is 16.1. The summed E-state index contributed by atoms with van der Waals surface area (Å²) < 4.78 is 36.0. The first-order valence-corrected chi connectivity index (χ1v) is 11.1. The number of carbonyl (C=O) groups excluding carboxylic acids is 1. The molecule has 3 unspecified atom stereocenters. The maximum absolute atomic E-state index is 13.1. The average Bonchev–Trinajstić information content (AvgIpc) is 3.30. The molecule has 2 aromatic carbocycles. The van der Waals surface area contributed by atoms with Crippen LogP contribution in [-0.2, 0) is 20.8 Å². The van der Waals surface area contributed by atoms with Gasteiger partial charge in [0, 0.05) is 31.6 Å². The minimum absolute atomic E-state index is 0.0535. The summed E-state index contributed by atoms with van der Waals surface area (Å²) in [5.41, 5.74) is 1.72. The molecule has 2 aliphatic heterocycles. The lowest BCUT2D eigenvalue weighted by molar-refractivity contribution is -0.166. The van der Waals surface area contributed by atoms with E-state index in [1.165, 1.54) is 12.1 Å². The van der Waals surface area contributed by atoms with E-state index in [-0.39, 0.29) is 49.3 Å². The number of allylic oxidation sites excluding steroid dienone is 1. The van der Waals surface area contributed by atoms with Gasteiger partial charge < -0.3 is 29.4 Å². The van der Waals surface area contributed by atoms with Crippen LogP contribution in [-0.4, -0.2) is 37.3 Å². The van der Waals surface area contributed by atoms with Gasteiger partial charge >= 0.3 is 0 Å². The minimum atomic E-state index is -0.645. The Morgan fingerprint density at radius 3 is 2.73 bits per heavy atom. The van der Waals surface area contributed by atoms with Crippen LogP contribution in [0.1, 0.15) is 36.8 Å². The highest BCUT2D eigenvalue weighted by Gasteiger charge is 2.38. The van der Waals surface area contributed by atoms with E-state index in [1.807, 2.05) is 25.1 Å². The number of amides is 1. The number of ether oxygens (including phenoxy) is 4. The van der Waals surface area contributed by atoms with Crippen molar-refractivity contribution >= 4 is 5.91 Å². The molecule has 2 aromatic rings. The summed E-state index contributed by atoms with van der Waals surface area (Å²) in [4.78, 5) is 13.0. The SMILES string of the molecule is CCOC1OC(C(=O)NCc2ccc(F)cc2)=CC(c2ccc3c(c2)OCO3)C1CCCO. The van der Waals surface area contributed by atoms with Crippen molar-refractivity contribution in [3.05, 3.63) is 71.2 Å². The number of carbonyl (C=O) groups is 1. The highest BCUT2D eigenvalue weighted by molar-refractivity contribution is 5.91. The highest BCUT2D eigenvalue weighted by atomic mass is 19.1. The van der Waals surface area contributed by atoms with E-state index >= 15 is 0 Å². The van der Waals surface area contributed by atoms with Gasteiger partial charge in [-0.05, 0) is 61.2 Å². The second-order valence-corrected chi connectivity index (χ2v) is 7.95.